The zero-order valence-corrected chi connectivity index (χ0v) is 17.0. The lowest BCUT2D eigenvalue weighted by Crippen LogP contribution is -2.51. The Hall–Kier alpha value is -2.11. The van der Waals surface area contributed by atoms with Crippen molar-refractivity contribution in [3.63, 3.8) is 0 Å². The maximum Gasteiger partial charge on any atom is 0.327 e. The predicted molar refractivity (Wildman–Crippen MR) is 106 cm³/mol. The van der Waals surface area contributed by atoms with E-state index in [1.165, 1.54) is 12.1 Å². The molecule has 0 radical (unpaired) electrons. The van der Waals surface area contributed by atoms with Gasteiger partial charge in [-0.3, -0.25) is 9.78 Å². The van der Waals surface area contributed by atoms with Crippen LogP contribution in [0.4, 0.5) is 13.2 Å². The lowest BCUT2D eigenvalue weighted by Gasteiger charge is -2.28. The molecule has 1 aromatic carbocycles. The molecule has 0 aliphatic heterocycles. The minimum absolute atomic E-state index is 0.176. The van der Waals surface area contributed by atoms with Crippen LogP contribution >= 0.6 is 0 Å². The number of hydrogen-bond donors (Lipinski definition) is 1. The van der Waals surface area contributed by atoms with Crippen LogP contribution in [0.3, 0.4) is 0 Å². The van der Waals surface area contributed by atoms with Crippen LogP contribution in [-0.4, -0.2) is 22.4 Å². The summed E-state index contributed by atoms with van der Waals surface area (Å²) in [6.45, 7) is 5.12. The third-order valence-corrected chi connectivity index (χ3v) is 6.50. The molecule has 29 heavy (non-hydrogen) atoms. The third kappa shape index (κ3) is 3.86. The second kappa shape index (κ2) is 6.99. The largest absolute Gasteiger partial charge is 0.346 e. The molecular formula is C23H27F3N2O. The third-order valence-electron chi connectivity index (χ3n) is 6.50. The van der Waals surface area contributed by atoms with Crippen molar-refractivity contribution in [2.24, 2.45) is 17.8 Å². The maximum atomic E-state index is 14.8. The molecule has 2 saturated carbocycles. The van der Waals surface area contributed by atoms with Gasteiger partial charge >= 0.3 is 5.92 Å². The maximum absolute atomic E-state index is 14.8. The molecule has 2 aromatic rings. The summed E-state index contributed by atoms with van der Waals surface area (Å²) in [5.74, 6) is -5.15. The number of amides is 1. The predicted octanol–water partition coefficient (Wildman–Crippen LogP) is 5.44. The van der Waals surface area contributed by atoms with Crippen molar-refractivity contribution in [1.29, 1.82) is 0 Å². The molecule has 2 fully saturated rings. The first kappa shape index (κ1) is 20.2. The molecule has 3 nitrogen and oxygen atoms in total. The van der Waals surface area contributed by atoms with Crippen molar-refractivity contribution in [2.75, 3.05) is 0 Å². The molecule has 0 spiro atoms. The van der Waals surface area contributed by atoms with Crippen LogP contribution in [0.1, 0.15) is 57.9 Å². The van der Waals surface area contributed by atoms with Crippen LogP contribution in [-0.2, 0) is 4.79 Å². The first-order valence-electron chi connectivity index (χ1n) is 10.3. The number of aromatic nitrogens is 1. The summed E-state index contributed by atoms with van der Waals surface area (Å²) in [7, 11) is 0. The molecule has 2 aliphatic carbocycles. The average molecular weight is 404 g/mol. The summed E-state index contributed by atoms with van der Waals surface area (Å²) in [6, 6.07) is 6.52. The number of hydrogen-bond acceptors (Lipinski definition) is 2. The van der Waals surface area contributed by atoms with E-state index in [4.69, 9.17) is 0 Å². The minimum Gasteiger partial charge on any atom is -0.346 e. The normalized spacial score (nSPS) is 27.2. The van der Waals surface area contributed by atoms with Crippen LogP contribution < -0.4 is 5.32 Å². The molecule has 1 heterocycles. The Morgan fingerprint density at radius 1 is 1.07 bits per heavy atom. The Labute approximate surface area is 169 Å². The Kier molecular flexibility index (Phi) is 4.87. The summed E-state index contributed by atoms with van der Waals surface area (Å²) in [4.78, 5) is 16.5. The van der Waals surface area contributed by atoms with E-state index in [9.17, 15) is 18.0 Å². The lowest BCUT2D eigenvalue weighted by atomic mass is 9.88. The highest BCUT2D eigenvalue weighted by Crippen LogP contribution is 2.56. The highest BCUT2D eigenvalue weighted by molar-refractivity contribution is 5.84. The first-order chi connectivity index (χ1) is 13.5. The molecule has 4 atom stereocenters. The van der Waals surface area contributed by atoms with Crippen molar-refractivity contribution in [3.8, 4) is 0 Å². The Morgan fingerprint density at radius 2 is 1.72 bits per heavy atom. The van der Waals surface area contributed by atoms with E-state index in [0.29, 0.717) is 12.8 Å². The fourth-order valence-electron chi connectivity index (χ4n) is 5.27. The molecule has 6 heteroatoms. The number of carbonyl (C=O) groups is 1. The summed E-state index contributed by atoms with van der Waals surface area (Å²) < 4.78 is 43.3. The van der Waals surface area contributed by atoms with Gasteiger partial charge in [0.1, 0.15) is 5.82 Å². The van der Waals surface area contributed by atoms with Gasteiger partial charge in [0.15, 0.2) is 0 Å². The van der Waals surface area contributed by atoms with Gasteiger partial charge < -0.3 is 5.32 Å². The SMILES string of the molecule is CC(C)(C)NC(=O)C(F)(F)C1C[C@H]2CC(c3ccnc4ccc(F)cc34)C[C@H]2C1. The zero-order chi connectivity index (χ0) is 21.0. The number of alkyl halides is 2. The van der Waals surface area contributed by atoms with Crippen LogP contribution in [0.5, 0.6) is 0 Å². The van der Waals surface area contributed by atoms with Gasteiger partial charge in [0.05, 0.1) is 5.52 Å². The smallest absolute Gasteiger partial charge is 0.327 e. The van der Waals surface area contributed by atoms with Gasteiger partial charge in [-0.05, 0) is 94.0 Å². The monoisotopic (exact) mass is 404 g/mol. The van der Waals surface area contributed by atoms with Gasteiger partial charge in [0, 0.05) is 23.0 Å². The van der Waals surface area contributed by atoms with Crippen molar-refractivity contribution >= 4 is 16.8 Å². The number of rotatable bonds is 3. The molecule has 0 bridgehead atoms. The molecule has 2 unspecified atom stereocenters. The molecule has 156 valence electrons. The van der Waals surface area contributed by atoms with E-state index in [0.717, 1.165) is 29.3 Å². The first-order valence-corrected chi connectivity index (χ1v) is 10.3. The molecule has 1 amide bonds. The fraction of sp³-hybridized carbons (Fsp3) is 0.565. The number of carbonyl (C=O) groups excluding carboxylic acids is 1. The van der Waals surface area contributed by atoms with Gasteiger partial charge in [-0.1, -0.05) is 0 Å². The van der Waals surface area contributed by atoms with Gasteiger partial charge in [-0.25, -0.2) is 4.39 Å². The topological polar surface area (TPSA) is 42.0 Å². The van der Waals surface area contributed by atoms with Crippen LogP contribution in [0.15, 0.2) is 30.5 Å². The summed E-state index contributed by atoms with van der Waals surface area (Å²) in [6.07, 6.45) is 4.06. The van der Waals surface area contributed by atoms with Crippen molar-refractivity contribution < 1.29 is 18.0 Å². The molecule has 2 aliphatic rings. The number of benzene rings is 1. The fourth-order valence-corrected chi connectivity index (χ4v) is 5.27. The molecule has 4 rings (SSSR count). The summed E-state index contributed by atoms with van der Waals surface area (Å²) in [5.41, 5.74) is 1.12. The Balaban J connectivity index is 1.48. The van der Waals surface area contributed by atoms with Gasteiger partial charge in [0.25, 0.3) is 5.91 Å². The number of halogens is 3. The minimum atomic E-state index is -3.35. The standard InChI is InChI=1S/C23H27F3N2O/c1-22(2,3)28-21(29)23(25,26)16-10-13-8-15(9-14(13)11-16)18-6-7-27-20-5-4-17(24)12-19(18)20/h4-7,12-16H,8-11H2,1-3H3,(H,28,29)/t13-,14+,15?,16?. The Bertz CT molecular complexity index is 923. The van der Waals surface area contributed by atoms with E-state index in [2.05, 4.69) is 10.3 Å². The van der Waals surface area contributed by atoms with Crippen molar-refractivity contribution in [2.45, 2.75) is 63.8 Å². The van der Waals surface area contributed by atoms with Crippen LogP contribution in [0.2, 0.25) is 0 Å². The highest BCUT2D eigenvalue weighted by atomic mass is 19.3. The number of nitrogens with zero attached hydrogens (tertiary/aromatic N) is 1. The molecule has 1 aromatic heterocycles. The zero-order valence-electron chi connectivity index (χ0n) is 17.0. The summed E-state index contributed by atoms with van der Waals surface area (Å²) >= 11 is 0. The van der Waals surface area contributed by atoms with Crippen molar-refractivity contribution in [3.05, 3.63) is 41.8 Å². The summed E-state index contributed by atoms with van der Waals surface area (Å²) in [5, 5.41) is 3.24. The van der Waals surface area contributed by atoms with E-state index in [1.807, 2.05) is 6.07 Å². The second-order valence-electron chi connectivity index (χ2n) is 9.75. The quantitative estimate of drug-likeness (QED) is 0.740. The Morgan fingerprint density at radius 3 is 2.34 bits per heavy atom. The van der Waals surface area contributed by atoms with Gasteiger partial charge in [0.2, 0.25) is 0 Å². The lowest BCUT2D eigenvalue weighted by molar-refractivity contribution is -0.155. The van der Waals surface area contributed by atoms with E-state index >= 15 is 0 Å². The van der Waals surface area contributed by atoms with E-state index in [1.54, 1.807) is 33.0 Å². The number of fused-ring (bicyclic) bond motifs is 2. The number of nitrogens with one attached hydrogen (secondary N) is 1. The van der Waals surface area contributed by atoms with E-state index in [-0.39, 0.29) is 23.6 Å². The van der Waals surface area contributed by atoms with Crippen LogP contribution in [0, 0.1) is 23.6 Å². The van der Waals surface area contributed by atoms with Gasteiger partial charge in [-0.2, -0.15) is 8.78 Å². The molecule has 0 saturated heterocycles. The second-order valence-corrected chi connectivity index (χ2v) is 9.75. The van der Waals surface area contributed by atoms with E-state index < -0.39 is 23.3 Å². The number of pyridine rings is 1. The van der Waals surface area contributed by atoms with Crippen molar-refractivity contribution in [1.82, 2.24) is 10.3 Å². The highest BCUT2D eigenvalue weighted by Gasteiger charge is 2.55. The average Bonchev–Trinajstić information content (AvgIpc) is 3.19. The van der Waals surface area contributed by atoms with Crippen LogP contribution in [0.25, 0.3) is 10.9 Å². The van der Waals surface area contributed by atoms with Gasteiger partial charge in [-0.15, -0.1) is 0 Å². The molecule has 1 N–H and O–H groups in total. The molecular weight excluding hydrogens is 377 g/mol.